The molecule has 0 spiro atoms. The summed E-state index contributed by atoms with van der Waals surface area (Å²) in [6, 6.07) is 7.15. The zero-order valence-corrected chi connectivity index (χ0v) is 10.9. The molecule has 0 amide bonds. The van der Waals surface area contributed by atoms with Crippen molar-refractivity contribution in [2.24, 2.45) is 0 Å². The molecule has 0 radical (unpaired) electrons. The Kier molecular flexibility index (Phi) is 3.52. The van der Waals surface area contributed by atoms with E-state index in [0.717, 1.165) is 11.3 Å². The van der Waals surface area contributed by atoms with Gasteiger partial charge in [0, 0.05) is 0 Å². The summed E-state index contributed by atoms with van der Waals surface area (Å²) in [7, 11) is 1.59. The van der Waals surface area contributed by atoms with Gasteiger partial charge in [-0.25, -0.2) is 0 Å². The Morgan fingerprint density at radius 3 is 2.07 bits per heavy atom. The van der Waals surface area contributed by atoms with E-state index in [-0.39, 0.29) is 3.97 Å². The minimum absolute atomic E-state index is 0.358. The molecule has 1 aromatic carbocycles. The fourth-order valence-corrected chi connectivity index (χ4v) is 2.98. The predicted molar refractivity (Wildman–Crippen MR) is 54.4 cm³/mol. The van der Waals surface area contributed by atoms with E-state index in [1.807, 2.05) is 0 Å². The van der Waals surface area contributed by atoms with Crippen LogP contribution >= 0.6 is 0 Å². The molecule has 1 rings (SSSR count). The van der Waals surface area contributed by atoms with Gasteiger partial charge in [-0.05, 0) is 0 Å². The normalized spacial score (nSPS) is 13.6. The van der Waals surface area contributed by atoms with E-state index in [2.05, 4.69) is 0 Å². The van der Waals surface area contributed by atoms with Crippen molar-refractivity contribution >= 4 is 18.1 Å². The number of ether oxygens (including phenoxy) is 1. The van der Waals surface area contributed by atoms with Crippen molar-refractivity contribution < 1.29 is 10.9 Å². The van der Waals surface area contributed by atoms with Crippen molar-refractivity contribution in [3.05, 3.63) is 29.8 Å². The van der Waals surface area contributed by atoms with Crippen LogP contribution in [0.2, 0.25) is 4.97 Å². The van der Waals surface area contributed by atoms with Gasteiger partial charge >= 0.3 is 87.6 Å². The second-order valence-corrected chi connectivity index (χ2v) is 10.00. The monoisotopic (exact) mass is 312 g/mol. The van der Waals surface area contributed by atoms with Gasteiger partial charge in [0.1, 0.15) is 0 Å². The van der Waals surface area contributed by atoms with E-state index in [4.69, 9.17) is 4.74 Å². The number of methoxy groups -OCH3 is 1. The van der Waals surface area contributed by atoms with Crippen LogP contribution in [0.15, 0.2) is 24.3 Å². The summed E-state index contributed by atoms with van der Waals surface area (Å²) in [5.74, 6) is 0.743. The molecule has 0 aliphatic rings. The Balaban J connectivity index is 2.98. The van der Waals surface area contributed by atoms with Crippen LogP contribution in [0.4, 0.5) is 0 Å². The SMILES string of the molecule is COc1ccc(C(C)[Te](C)(=O)=O)cc1. The number of hydrogen-bond donors (Lipinski definition) is 0. The molecule has 0 N–H and O–H groups in total. The maximum absolute atomic E-state index is 11.4. The molecule has 78 valence electrons. The molecule has 1 unspecified atom stereocenters. The van der Waals surface area contributed by atoms with Crippen LogP contribution in [-0.2, 0) is 6.21 Å². The van der Waals surface area contributed by atoms with Gasteiger partial charge in [0.2, 0.25) is 0 Å². The zero-order valence-electron chi connectivity index (χ0n) is 8.52. The van der Waals surface area contributed by atoms with Gasteiger partial charge < -0.3 is 0 Å². The third kappa shape index (κ3) is 2.70. The summed E-state index contributed by atoms with van der Waals surface area (Å²) < 4.78 is 27.4. The van der Waals surface area contributed by atoms with Crippen LogP contribution in [0.1, 0.15) is 16.5 Å². The molecule has 3 nitrogen and oxygen atoms in total. The topological polar surface area (TPSA) is 43.4 Å². The maximum atomic E-state index is 11.4. The first kappa shape index (κ1) is 11.5. The van der Waals surface area contributed by atoms with Crippen molar-refractivity contribution in [1.29, 1.82) is 0 Å². The summed E-state index contributed by atoms with van der Waals surface area (Å²) in [6.45, 7) is 1.73. The second kappa shape index (κ2) is 4.29. The van der Waals surface area contributed by atoms with E-state index in [1.165, 1.54) is 4.97 Å². The minimum atomic E-state index is -4.08. The van der Waals surface area contributed by atoms with Crippen LogP contribution in [0, 0.1) is 0 Å². The number of hydrogen-bond acceptors (Lipinski definition) is 3. The van der Waals surface area contributed by atoms with Crippen molar-refractivity contribution in [1.82, 2.24) is 0 Å². The number of benzene rings is 1. The fraction of sp³-hybridized carbons (Fsp3) is 0.400. The molecule has 1 atom stereocenters. The van der Waals surface area contributed by atoms with E-state index in [0.29, 0.717) is 0 Å². The van der Waals surface area contributed by atoms with Gasteiger partial charge in [0.15, 0.2) is 0 Å². The molecule has 0 aliphatic carbocycles. The Labute approximate surface area is 87.7 Å². The Hall–Kier alpha value is -0.590. The van der Waals surface area contributed by atoms with E-state index >= 15 is 0 Å². The van der Waals surface area contributed by atoms with Gasteiger partial charge in [-0.2, -0.15) is 0 Å². The molecule has 0 heterocycles. The van der Waals surface area contributed by atoms with Gasteiger partial charge in [-0.15, -0.1) is 0 Å². The summed E-state index contributed by atoms with van der Waals surface area (Å²) >= 11 is -4.08. The van der Waals surface area contributed by atoms with Crippen molar-refractivity contribution in [3.8, 4) is 5.75 Å². The van der Waals surface area contributed by atoms with Gasteiger partial charge in [-0.3, -0.25) is 0 Å². The summed E-state index contributed by atoms with van der Waals surface area (Å²) in [4.78, 5) is 1.34. The molecule has 4 heteroatoms. The van der Waals surface area contributed by atoms with Crippen molar-refractivity contribution in [2.75, 3.05) is 7.11 Å². The molecule has 14 heavy (non-hydrogen) atoms. The fourth-order valence-electron chi connectivity index (χ4n) is 1.12. The molecule has 0 saturated heterocycles. The van der Waals surface area contributed by atoms with Crippen LogP contribution in [-0.4, -0.2) is 25.3 Å². The molecule has 0 fully saturated rings. The van der Waals surface area contributed by atoms with Crippen LogP contribution < -0.4 is 4.74 Å². The van der Waals surface area contributed by atoms with Crippen LogP contribution in [0.3, 0.4) is 0 Å². The third-order valence-corrected chi connectivity index (χ3v) is 6.67. The molecule has 0 aliphatic heterocycles. The Bertz CT molecular complexity index is 392. The first-order valence-corrected chi connectivity index (χ1v) is 9.86. The number of rotatable bonds is 3. The predicted octanol–water partition coefficient (Wildman–Crippen LogP) is 2.27. The van der Waals surface area contributed by atoms with Crippen molar-refractivity contribution in [2.45, 2.75) is 15.9 Å². The second-order valence-electron chi connectivity index (χ2n) is 3.24. The van der Waals surface area contributed by atoms with Gasteiger partial charge in [0.25, 0.3) is 0 Å². The standard InChI is InChI=1S/C10H14O3Te/c1-8(14(3,11)12)9-4-6-10(13-2)7-5-9/h4-8H,1-3H3. The summed E-state index contributed by atoms with van der Waals surface area (Å²) in [6.07, 6.45) is 0. The van der Waals surface area contributed by atoms with E-state index in [1.54, 1.807) is 38.3 Å². The van der Waals surface area contributed by atoms with E-state index in [9.17, 15) is 6.21 Å². The molecule has 1 aromatic rings. The molecule has 0 bridgehead atoms. The first-order chi connectivity index (χ1) is 6.45. The Morgan fingerprint density at radius 2 is 1.71 bits per heavy atom. The van der Waals surface area contributed by atoms with Crippen LogP contribution in [0.5, 0.6) is 5.75 Å². The summed E-state index contributed by atoms with van der Waals surface area (Å²) in [5.41, 5.74) is 0.833. The average Bonchev–Trinajstić information content (AvgIpc) is 2.15. The molecular formula is C10H14O3Te. The third-order valence-electron chi connectivity index (χ3n) is 2.23. The van der Waals surface area contributed by atoms with Gasteiger partial charge in [-0.1, -0.05) is 0 Å². The average molecular weight is 310 g/mol. The van der Waals surface area contributed by atoms with E-state index < -0.39 is 18.1 Å². The molecular weight excluding hydrogens is 296 g/mol. The molecule has 0 saturated carbocycles. The van der Waals surface area contributed by atoms with Crippen molar-refractivity contribution in [3.63, 3.8) is 0 Å². The summed E-state index contributed by atoms with van der Waals surface area (Å²) in [5, 5.41) is 0. The quantitative estimate of drug-likeness (QED) is 0.805. The van der Waals surface area contributed by atoms with Crippen LogP contribution in [0.25, 0.3) is 0 Å². The Morgan fingerprint density at radius 1 is 1.21 bits per heavy atom. The molecule has 0 aromatic heterocycles. The first-order valence-electron chi connectivity index (χ1n) is 4.28. The zero-order chi connectivity index (χ0) is 10.8. The van der Waals surface area contributed by atoms with Gasteiger partial charge in [0.05, 0.1) is 0 Å².